The Morgan fingerprint density at radius 1 is 1.22 bits per heavy atom. The summed E-state index contributed by atoms with van der Waals surface area (Å²) in [5.74, 6) is 1.60. The zero-order valence-corrected chi connectivity index (χ0v) is 12.6. The molecule has 2 unspecified atom stereocenters. The lowest BCUT2D eigenvalue weighted by Gasteiger charge is -2.33. The predicted molar refractivity (Wildman–Crippen MR) is 80.7 cm³/mol. The van der Waals surface area contributed by atoms with Gasteiger partial charge in [-0.05, 0) is 36.8 Å². The van der Waals surface area contributed by atoms with Crippen LogP contribution in [-0.2, 0) is 0 Å². The maximum atomic E-state index is 6.22. The highest BCUT2D eigenvalue weighted by atomic mass is 35.5. The Bertz CT molecular complexity index is 403. The minimum absolute atomic E-state index is 0.530. The van der Waals surface area contributed by atoms with Crippen molar-refractivity contribution in [3.8, 4) is 0 Å². The van der Waals surface area contributed by atoms with Crippen molar-refractivity contribution >= 4 is 28.9 Å². The van der Waals surface area contributed by atoms with Crippen LogP contribution in [-0.4, -0.2) is 6.04 Å². The summed E-state index contributed by atoms with van der Waals surface area (Å²) in [6, 6.07) is 6.31. The fourth-order valence-corrected chi connectivity index (χ4v) is 3.15. The van der Waals surface area contributed by atoms with Gasteiger partial charge >= 0.3 is 0 Å². The van der Waals surface area contributed by atoms with Crippen LogP contribution in [0.1, 0.15) is 39.5 Å². The Hall–Kier alpha value is -0.400. The molecule has 100 valence electrons. The largest absolute Gasteiger partial charge is 0.381 e. The first kappa shape index (κ1) is 14.0. The number of halogens is 2. The molecule has 1 N–H and O–H groups in total. The molecule has 0 heterocycles. The van der Waals surface area contributed by atoms with Crippen LogP contribution < -0.4 is 5.32 Å². The highest BCUT2D eigenvalue weighted by molar-refractivity contribution is 6.43. The zero-order chi connectivity index (χ0) is 13.1. The third-order valence-electron chi connectivity index (χ3n) is 3.97. The van der Waals surface area contributed by atoms with Crippen LogP contribution in [0, 0.1) is 11.8 Å². The van der Waals surface area contributed by atoms with Crippen LogP contribution in [0.2, 0.25) is 10.0 Å². The molecule has 0 aliphatic heterocycles. The van der Waals surface area contributed by atoms with Gasteiger partial charge in [-0.2, -0.15) is 0 Å². The maximum absolute atomic E-state index is 6.22. The van der Waals surface area contributed by atoms with Gasteiger partial charge in [-0.3, -0.25) is 0 Å². The summed E-state index contributed by atoms with van der Waals surface area (Å²) >= 11 is 12.3. The molecular formula is C15H21Cl2N. The van der Waals surface area contributed by atoms with E-state index in [1.807, 2.05) is 18.2 Å². The van der Waals surface area contributed by atoms with E-state index in [-0.39, 0.29) is 0 Å². The summed E-state index contributed by atoms with van der Waals surface area (Å²) in [6.07, 6.45) is 5.13. The number of hydrogen-bond donors (Lipinski definition) is 1. The molecule has 1 saturated carbocycles. The van der Waals surface area contributed by atoms with Gasteiger partial charge in [-0.1, -0.05) is 56.0 Å². The summed E-state index contributed by atoms with van der Waals surface area (Å²) in [6.45, 7) is 4.64. The highest BCUT2D eigenvalue weighted by Gasteiger charge is 2.24. The van der Waals surface area contributed by atoms with E-state index in [0.717, 1.165) is 17.5 Å². The van der Waals surface area contributed by atoms with Gasteiger partial charge in [0.05, 0.1) is 15.7 Å². The lowest BCUT2D eigenvalue weighted by Crippen LogP contribution is -2.29. The summed E-state index contributed by atoms with van der Waals surface area (Å²) in [7, 11) is 0. The van der Waals surface area contributed by atoms with Crippen LogP contribution >= 0.6 is 23.2 Å². The molecule has 0 spiro atoms. The molecule has 2 atom stereocenters. The number of rotatable bonds is 3. The Morgan fingerprint density at radius 3 is 2.72 bits per heavy atom. The van der Waals surface area contributed by atoms with Crippen molar-refractivity contribution in [2.45, 2.75) is 45.6 Å². The lowest BCUT2D eigenvalue weighted by atomic mass is 9.79. The molecular weight excluding hydrogens is 265 g/mol. The van der Waals surface area contributed by atoms with Gasteiger partial charge in [0.1, 0.15) is 0 Å². The minimum Gasteiger partial charge on any atom is -0.381 e. The fraction of sp³-hybridized carbons (Fsp3) is 0.600. The second-order valence-corrected chi connectivity index (χ2v) is 6.40. The van der Waals surface area contributed by atoms with Crippen LogP contribution in [0.5, 0.6) is 0 Å². The zero-order valence-electron chi connectivity index (χ0n) is 11.0. The Kier molecular flexibility index (Phi) is 4.80. The standard InChI is InChI=1S/C15H21Cl2N/c1-10(2)11-5-3-6-12(9-11)18-14-8-4-7-13(16)15(14)17/h4,7-8,10-12,18H,3,5-6,9H2,1-2H3. The van der Waals surface area contributed by atoms with Gasteiger partial charge in [0.25, 0.3) is 0 Å². The molecule has 18 heavy (non-hydrogen) atoms. The van der Waals surface area contributed by atoms with Crippen molar-refractivity contribution in [3.05, 3.63) is 28.2 Å². The van der Waals surface area contributed by atoms with Gasteiger partial charge in [-0.25, -0.2) is 0 Å². The van der Waals surface area contributed by atoms with Gasteiger partial charge in [0, 0.05) is 6.04 Å². The van der Waals surface area contributed by atoms with Crippen molar-refractivity contribution in [2.24, 2.45) is 11.8 Å². The average molecular weight is 286 g/mol. The van der Waals surface area contributed by atoms with Crippen molar-refractivity contribution in [1.29, 1.82) is 0 Å². The lowest BCUT2D eigenvalue weighted by molar-refractivity contribution is 0.264. The molecule has 3 heteroatoms. The van der Waals surface area contributed by atoms with E-state index in [1.54, 1.807) is 0 Å². The Morgan fingerprint density at radius 2 is 2.00 bits per heavy atom. The van der Waals surface area contributed by atoms with Crippen molar-refractivity contribution in [2.75, 3.05) is 5.32 Å². The molecule has 1 aliphatic rings. The first-order chi connectivity index (χ1) is 8.58. The Labute approximate surface area is 120 Å². The van der Waals surface area contributed by atoms with Crippen LogP contribution in [0.4, 0.5) is 5.69 Å². The second-order valence-electron chi connectivity index (χ2n) is 5.61. The topological polar surface area (TPSA) is 12.0 Å². The van der Waals surface area contributed by atoms with Gasteiger partial charge < -0.3 is 5.32 Å². The van der Waals surface area contributed by atoms with Crippen LogP contribution in [0.25, 0.3) is 0 Å². The van der Waals surface area contributed by atoms with Gasteiger partial charge in [0.15, 0.2) is 0 Å². The van der Waals surface area contributed by atoms with E-state index in [0.29, 0.717) is 16.1 Å². The van der Waals surface area contributed by atoms with Crippen molar-refractivity contribution < 1.29 is 0 Å². The highest BCUT2D eigenvalue weighted by Crippen LogP contribution is 2.34. The predicted octanol–water partition coefficient (Wildman–Crippen LogP) is 5.62. The fourth-order valence-electron chi connectivity index (χ4n) is 2.80. The van der Waals surface area contributed by atoms with E-state index < -0.39 is 0 Å². The Balaban J connectivity index is 2.03. The second kappa shape index (κ2) is 6.16. The first-order valence-electron chi connectivity index (χ1n) is 6.78. The molecule has 0 saturated heterocycles. The van der Waals surface area contributed by atoms with Crippen LogP contribution in [0.15, 0.2) is 18.2 Å². The average Bonchev–Trinajstić information content (AvgIpc) is 2.35. The number of benzene rings is 1. The molecule has 1 aliphatic carbocycles. The van der Waals surface area contributed by atoms with Gasteiger partial charge in [-0.15, -0.1) is 0 Å². The van der Waals surface area contributed by atoms with Gasteiger partial charge in [0.2, 0.25) is 0 Å². The molecule has 0 radical (unpaired) electrons. The molecule has 1 aromatic rings. The number of hydrogen-bond acceptors (Lipinski definition) is 1. The normalized spacial score (nSPS) is 24.3. The smallest absolute Gasteiger partial charge is 0.0823 e. The number of nitrogens with one attached hydrogen (secondary N) is 1. The van der Waals surface area contributed by atoms with E-state index in [4.69, 9.17) is 23.2 Å². The quantitative estimate of drug-likeness (QED) is 0.760. The summed E-state index contributed by atoms with van der Waals surface area (Å²) in [5.41, 5.74) is 0.971. The SMILES string of the molecule is CC(C)C1CCCC(Nc2cccc(Cl)c2Cl)C1. The van der Waals surface area contributed by atoms with E-state index >= 15 is 0 Å². The molecule has 1 nitrogen and oxygen atoms in total. The molecule has 0 bridgehead atoms. The van der Waals surface area contributed by atoms with Crippen molar-refractivity contribution in [3.63, 3.8) is 0 Å². The summed E-state index contributed by atoms with van der Waals surface area (Å²) < 4.78 is 0. The summed E-state index contributed by atoms with van der Waals surface area (Å²) in [5, 5.41) is 4.83. The summed E-state index contributed by atoms with van der Waals surface area (Å²) in [4.78, 5) is 0. The number of anilines is 1. The molecule has 0 aromatic heterocycles. The first-order valence-corrected chi connectivity index (χ1v) is 7.54. The van der Waals surface area contributed by atoms with E-state index in [1.165, 1.54) is 25.7 Å². The van der Waals surface area contributed by atoms with E-state index in [9.17, 15) is 0 Å². The monoisotopic (exact) mass is 285 g/mol. The molecule has 2 rings (SSSR count). The van der Waals surface area contributed by atoms with Crippen LogP contribution in [0.3, 0.4) is 0 Å². The molecule has 1 fully saturated rings. The van der Waals surface area contributed by atoms with E-state index in [2.05, 4.69) is 19.2 Å². The molecule has 0 amide bonds. The third kappa shape index (κ3) is 3.33. The maximum Gasteiger partial charge on any atom is 0.0823 e. The third-order valence-corrected chi connectivity index (χ3v) is 4.79. The minimum atomic E-state index is 0.530. The molecule has 1 aromatic carbocycles. The van der Waals surface area contributed by atoms with Crippen molar-refractivity contribution in [1.82, 2.24) is 0 Å².